The number of hydrogen-bond acceptors (Lipinski definition) is 5. The number of aliphatic hydroxyl groups excluding tert-OH is 1. The van der Waals surface area contributed by atoms with Gasteiger partial charge in [-0.15, -0.1) is 5.10 Å². The number of anilines is 1. The highest BCUT2D eigenvalue weighted by molar-refractivity contribution is 5.54. The number of rotatable bonds is 5. The maximum Gasteiger partial charge on any atom is 0.330 e. The van der Waals surface area contributed by atoms with Gasteiger partial charge in [-0.3, -0.25) is 14.8 Å². The Hall–Kier alpha value is -1.63. The Bertz CT molecular complexity index is 399. The first-order valence-electron chi connectivity index (χ1n) is 5.18. The molecule has 0 aliphatic heterocycles. The van der Waals surface area contributed by atoms with E-state index in [-0.39, 0.29) is 11.5 Å². The summed E-state index contributed by atoms with van der Waals surface area (Å²) < 4.78 is 1.38. The highest BCUT2D eigenvalue weighted by Gasteiger charge is 2.30. The Morgan fingerprint density at radius 2 is 2.50 bits per heavy atom. The van der Waals surface area contributed by atoms with E-state index in [1.165, 1.54) is 10.9 Å². The molecule has 1 unspecified atom stereocenters. The summed E-state index contributed by atoms with van der Waals surface area (Å²) in [6.07, 6.45) is 2.97. The molecule has 1 aliphatic rings. The van der Waals surface area contributed by atoms with Gasteiger partial charge in [0, 0.05) is 13.6 Å². The van der Waals surface area contributed by atoms with E-state index in [0.29, 0.717) is 12.5 Å². The third kappa shape index (κ3) is 2.30. The van der Waals surface area contributed by atoms with Gasteiger partial charge in [0.25, 0.3) is 0 Å². The van der Waals surface area contributed by atoms with Crippen molar-refractivity contribution in [1.29, 1.82) is 0 Å². The monoisotopic (exact) mass is 226 g/mol. The van der Waals surface area contributed by atoms with E-state index < -0.39 is 11.0 Å². The van der Waals surface area contributed by atoms with Crippen molar-refractivity contribution < 1.29 is 10.0 Å². The van der Waals surface area contributed by atoms with Crippen LogP contribution in [0, 0.1) is 16.0 Å². The largest absolute Gasteiger partial charge is 0.391 e. The molecule has 0 aromatic carbocycles. The molecule has 0 saturated heterocycles. The first-order chi connectivity index (χ1) is 7.58. The zero-order chi connectivity index (χ0) is 11.7. The third-order valence-corrected chi connectivity index (χ3v) is 2.65. The summed E-state index contributed by atoms with van der Waals surface area (Å²) in [6, 6.07) is 0. The molecule has 1 fully saturated rings. The summed E-state index contributed by atoms with van der Waals surface area (Å²) >= 11 is 0. The average molecular weight is 226 g/mol. The second-order valence-corrected chi connectivity index (χ2v) is 4.08. The van der Waals surface area contributed by atoms with Crippen LogP contribution in [0.2, 0.25) is 0 Å². The van der Waals surface area contributed by atoms with Crippen molar-refractivity contribution >= 4 is 11.5 Å². The van der Waals surface area contributed by atoms with Crippen molar-refractivity contribution in [3.8, 4) is 0 Å². The molecular formula is C9H14N4O3. The Kier molecular flexibility index (Phi) is 2.78. The number of aliphatic hydroxyl groups is 1. The Labute approximate surface area is 92.2 Å². The lowest BCUT2D eigenvalue weighted by molar-refractivity contribution is -0.384. The lowest BCUT2D eigenvalue weighted by Gasteiger charge is -2.09. The fourth-order valence-electron chi connectivity index (χ4n) is 1.58. The Balaban J connectivity index is 1.99. The van der Waals surface area contributed by atoms with Crippen LogP contribution in [-0.4, -0.2) is 32.5 Å². The predicted molar refractivity (Wildman–Crippen MR) is 57.1 cm³/mol. The molecule has 1 aromatic heterocycles. The fourth-order valence-corrected chi connectivity index (χ4v) is 1.58. The van der Waals surface area contributed by atoms with E-state index in [2.05, 4.69) is 10.4 Å². The van der Waals surface area contributed by atoms with Crippen LogP contribution >= 0.6 is 0 Å². The molecule has 2 rings (SSSR count). The van der Waals surface area contributed by atoms with Crippen LogP contribution in [0.5, 0.6) is 0 Å². The first-order valence-corrected chi connectivity index (χ1v) is 5.18. The lowest BCUT2D eigenvalue weighted by atomic mass is 10.2. The van der Waals surface area contributed by atoms with Gasteiger partial charge in [-0.25, -0.2) is 0 Å². The quantitative estimate of drug-likeness (QED) is 0.563. The fraction of sp³-hybridized carbons (Fsp3) is 0.667. The average Bonchev–Trinajstić information content (AvgIpc) is 2.99. The van der Waals surface area contributed by atoms with Crippen molar-refractivity contribution in [2.75, 3.05) is 11.9 Å². The number of nitrogens with one attached hydrogen (secondary N) is 1. The maximum absolute atomic E-state index is 10.7. The normalized spacial score (nSPS) is 17.1. The zero-order valence-corrected chi connectivity index (χ0v) is 8.96. The molecular weight excluding hydrogens is 212 g/mol. The lowest BCUT2D eigenvalue weighted by Crippen LogP contribution is -2.21. The van der Waals surface area contributed by atoms with Crippen molar-refractivity contribution in [3.63, 3.8) is 0 Å². The number of aryl methyl sites for hydroxylation is 1. The standard InChI is InChI=1S/C9H14N4O3/c1-12-5-7(13(15)16)9(11-12)10-4-8(14)6-2-3-6/h5-6,8,14H,2-4H2,1H3,(H,10,11). The van der Waals surface area contributed by atoms with Crippen LogP contribution < -0.4 is 5.32 Å². The third-order valence-electron chi connectivity index (χ3n) is 2.65. The minimum Gasteiger partial charge on any atom is -0.391 e. The van der Waals surface area contributed by atoms with Gasteiger partial charge < -0.3 is 10.4 Å². The molecule has 1 aromatic rings. The van der Waals surface area contributed by atoms with Crippen molar-refractivity contribution in [3.05, 3.63) is 16.3 Å². The number of nitrogens with zero attached hydrogens (tertiary/aromatic N) is 3. The number of aromatic nitrogens is 2. The van der Waals surface area contributed by atoms with Gasteiger partial charge in [-0.1, -0.05) is 0 Å². The van der Waals surface area contributed by atoms with Crippen LogP contribution in [0.15, 0.2) is 6.20 Å². The van der Waals surface area contributed by atoms with Gasteiger partial charge in [-0.05, 0) is 18.8 Å². The van der Waals surface area contributed by atoms with Crippen LogP contribution in [0.3, 0.4) is 0 Å². The number of hydrogen-bond donors (Lipinski definition) is 2. The van der Waals surface area contributed by atoms with E-state index in [1.807, 2.05) is 0 Å². The molecule has 88 valence electrons. The van der Waals surface area contributed by atoms with Crippen LogP contribution in [-0.2, 0) is 7.05 Å². The molecule has 0 bridgehead atoms. The van der Waals surface area contributed by atoms with Crippen LogP contribution in [0.25, 0.3) is 0 Å². The zero-order valence-electron chi connectivity index (χ0n) is 8.96. The highest BCUT2D eigenvalue weighted by Crippen LogP contribution is 2.32. The number of nitro groups is 1. The first kappa shape index (κ1) is 10.9. The van der Waals surface area contributed by atoms with Crippen molar-refractivity contribution in [2.24, 2.45) is 13.0 Å². The molecule has 0 radical (unpaired) electrons. The Morgan fingerprint density at radius 3 is 3.06 bits per heavy atom. The molecule has 7 heteroatoms. The van der Waals surface area contributed by atoms with E-state index in [0.717, 1.165) is 12.8 Å². The topological polar surface area (TPSA) is 93.2 Å². The SMILES string of the molecule is Cn1cc([N+](=O)[O-])c(NCC(O)C2CC2)n1. The summed E-state index contributed by atoms with van der Waals surface area (Å²) in [4.78, 5) is 10.2. The molecule has 2 N–H and O–H groups in total. The van der Waals surface area contributed by atoms with E-state index in [9.17, 15) is 15.2 Å². The summed E-state index contributed by atoms with van der Waals surface area (Å²) in [5.74, 6) is 0.558. The molecule has 7 nitrogen and oxygen atoms in total. The van der Waals surface area contributed by atoms with Crippen molar-refractivity contribution in [2.45, 2.75) is 18.9 Å². The molecule has 1 heterocycles. The molecule has 0 spiro atoms. The Morgan fingerprint density at radius 1 is 1.81 bits per heavy atom. The maximum atomic E-state index is 10.7. The van der Waals surface area contributed by atoms with Gasteiger partial charge >= 0.3 is 5.69 Å². The van der Waals surface area contributed by atoms with E-state index >= 15 is 0 Å². The molecule has 1 aliphatic carbocycles. The van der Waals surface area contributed by atoms with E-state index in [1.54, 1.807) is 7.05 Å². The second-order valence-electron chi connectivity index (χ2n) is 4.08. The van der Waals surface area contributed by atoms with Gasteiger partial charge in [0.1, 0.15) is 6.20 Å². The molecule has 0 amide bonds. The smallest absolute Gasteiger partial charge is 0.330 e. The molecule has 1 saturated carbocycles. The van der Waals surface area contributed by atoms with Gasteiger partial charge in [-0.2, -0.15) is 0 Å². The minimum atomic E-state index is -0.487. The second kappa shape index (κ2) is 4.09. The van der Waals surface area contributed by atoms with Crippen LogP contribution in [0.4, 0.5) is 11.5 Å². The van der Waals surface area contributed by atoms with E-state index in [4.69, 9.17) is 0 Å². The summed E-state index contributed by atoms with van der Waals surface area (Å²) in [5, 5.41) is 27.0. The summed E-state index contributed by atoms with van der Waals surface area (Å²) in [5.41, 5.74) is -0.0644. The minimum absolute atomic E-state index is 0.0644. The highest BCUT2D eigenvalue weighted by atomic mass is 16.6. The predicted octanol–water partition coefficient (Wildman–Crippen LogP) is 0.511. The summed E-state index contributed by atoms with van der Waals surface area (Å²) in [7, 11) is 1.62. The van der Waals surface area contributed by atoms with Crippen LogP contribution in [0.1, 0.15) is 12.8 Å². The van der Waals surface area contributed by atoms with Gasteiger partial charge in [0.2, 0.25) is 5.82 Å². The molecule has 16 heavy (non-hydrogen) atoms. The molecule has 1 atom stereocenters. The summed E-state index contributed by atoms with van der Waals surface area (Å²) in [6.45, 7) is 0.308. The van der Waals surface area contributed by atoms with Gasteiger partial charge in [0.05, 0.1) is 11.0 Å². The van der Waals surface area contributed by atoms with Gasteiger partial charge in [0.15, 0.2) is 0 Å². The van der Waals surface area contributed by atoms with Crippen molar-refractivity contribution in [1.82, 2.24) is 9.78 Å².